The van der Waals surface area contributed by atoms with Crippen LogP contribution in [0.25, 0.3) is 0 Å². The van der Waals surface area contributed by atoms with E-state index in [1.807, 2.05) is 26.0 Å². The van der Waals surface area contributed by atoms with Crippen LogP contribution in [0, 0.1) is 55.7 Å². The number of rotatable bonds is 6. The van der Waals surface area contributed by atoms with E-state index >= 15 is 0 Å². The summed E-state index contributed by atoms with van der Waals surface area (Å²) in [6.07, 6.45) is 13.8. The Morgan fingerprint density at radius 1 is 1.00 bits per heavy atom. The van der Waals surface area contributed by atoms with Gasteiger partial charge in [-0.3, -0.25) is 9.59 Å². The third-order valence-corrected chi connectivity index (χ3v) is 12.5. The van der Waals surface area contributed by atoms with E-state index in [1.165, 1.54) is 19.3 Å². The third-order valence-electron chi connectivity index (χ3n) is 12.5. The highest BCUT2D eigenvalue weighted by Crippen LogP contribution is 2.69. The lowest BCUT2D eigenvalue weighted by atomic mass is 9.40. The highest BCUT2D eigenvalue weighted by molar-refractivity contribution is 6.04. The molecular formula is C34H51NO3. The fraction of sp³-hybridized carbons (Fsp3) is 0.794. The first kappa shape index (κ1) is 29.3. The molecule has 0 aromatic rings. The van der Waals surface area contributed by atoms with Gasteiger partial charge < -0.3 is 5.11 Å². The standard InChI is InChI=1S/C34H51NO3/c1-23-19-29(2,3)13-15-34(23,11-9-17-36)16-14-31(6)21-25(37)18-27-32(7)20-24(22-35)28(38)30(4,5)26(32)10-12-33(27,31)8/h18,20,23,26,36H,9-17,19,21H2,1-8H3/t23?,26-,31+,32-,33+,34+/m0/s1. The molecule has 0 aromatic heterocycles. The second-order valence-corrected chi connectivity index (χ2v) is 15.6. The zero-order valence-corrected chi connectivity index (χ0v) is 25.3. The van der Waals surface area contributed by atoms with Gasteiger partial charge in [-0.1, -0.05) is 67.0 Å². The van der Waals surface area contributed by atoms with Crippen LogP contribution in [0.1, 0.15) is 120 Å². The normalized spacial score (nSPS) is 41.9. The molecule has 4 aliphatic carbocycles. The van der Waals surface area contributed by atoms with Crippen LogP contribution in [-0.4, -0.2) is 23.3 Å². The van der Waals surface area contributed by atoms with E-state index < -0.39 is 10.8 Å². The highest BCUT2D eigenvalue weighted by atomic mass is 16.3. The molecule has 0 spiro atoms. The quantitative estimate of drug-likeness (QED) is 0.387. The molecule has 0 saturated heterocycles. The average molecular weight is 522 g/mol. The number of hydrogen-bond donors (Lipinski definition) is 1. The van der Waals surface area contributed by atoms with Crippen molar-refractivity contribution >= 4 is 11.6 Å². The molecule has 210 valence electrons. The Morgan fingerprint density at radius 3 is 2.29 bits per heavy atom. The first-order valence-electron chi connectivity index (χ1n) is 15.0. The van der Waals surface area contributed by atoms with Gasteiger partial charge in [0.15, 0.2) is 11.6 Å². The topological polar surface area (TPSA) is 78.2 Å². The first-order valence-corrected chi connectivity index (χ1v) is 15.0. The van der Waals surface area contributed by atoms with E-state index in [4.69, 9.17) is 0 Å². The predicted octanol–water partition coefficient (Wildman–Crippen LogP) is 7.76. The summed E-state index contributed by atoms with van der Waals surface area (Å²) in [5, 5.41) is 19.6. The van der Waals surface area contributed by atoms with Crippen LogP contribution in [0.4, 0.5) is 0 Å². The van der Waals surface area contributed by atoms with E-state index in [1.54, 1.807) is 0 Å². The summed E-state index contributed by atoms with van der Waals surface area (Å²) in [6.45, 7) is 18.3. The Labute approximate surface area is 231 Å². The van der Waals surface area contributed by atoms with Crippen LogP contribution < -0.4 is 0 Å². The number of nitriles is 1. The number of ketones is 2. The van der Waals surface area contributed by atoms with Crippen molar-refractivity contribution in [2.24, 2.45) is 44.3 Å². The molecule has 0 amide bonds. The Balaban J connectivity index is 1.72. The van der Waals surface area contributed by atoms with Crippen LogP contribution in [0.15, 0.2) is 23.3 Å². The molecule has 4 heteroatoms. The molecular weight excluding hydrogens is 470 g/mol. The number of hydrogen-bond acceptors (Lipinski definition) is 4. The lowest BCUT2D eigenvalue weighted by Crippen LogP contribution is -2.58. The SMILES string of the molecule is CC1CC(C)(C)CC[C@]1(CCCO)CC[C@]1(C)CC(=O)C=C2[C@@]3(C)C=C(C#N)C(=O)C(C)(C)[C@@H]3CC[C@]21C. The number of aliphatic hydroxyl groups is 1. The monoisotopic (exact) mass is 521 g/mol. The first-order chi connectivity index (χ1) is 17.5. The van der Waals surface area contributed by atoms with Gasteiger partial charge >= 0.3 is 0 Å². The van der Waals surface area contributed by atoms with E-state index in [0.717, 1.165) is 44.1 Å². The summed E-state index contributed by atoms with van der Waals surface area (Å²) in [5.41, 5.74) is 0.488. The number of fused-ring (bicyclic) bond motifs is 3. The maximum Gasteiger partial charge on any atom is 0.178 e. The zero-order valence-electron chi connectivity index (χ0n) is 25.3. The van der Waals surface area contributed by atoms with Crippen molar-refractivity contribution in [1.82, 2.24) is 0 Å². The Hall–Kier alpha value is -1.73. The fourth-order valence-electron chi connectivity index (χ4n) is 9.79. The second-order valence-electron chi connectivity index (χ2n) is 15.6. The number of carbonyl (C=O) groups is 2. The van der Waals surface area contributed by atoms with Crippen molar-refractivity contribution in [2.75, 3.05) is 6.61 Å². The van der Waals surface area contributed by atoms with Gasteiger partial charge in [0.25, 0.3) is 0 Å². The van der Waals surface area contributed by atoms with Crippen LogP contribution >= 0.6 is 0 Å². The molecule has 2 saturated carbocycles. The van der Waals surface area contributed by atoms with Gasteiger partial charge in [0.2, 0.25) is 0 Å². The summed E-state index contributed by atoms with van der Waals surface area (Å²) in [7, 11) is 0. The second kappa shape index (κ2) is 9.43. The molecule has 1 N–H and O–H groups in total. The van der Waals surface area contributed by atoms with Gasteiger partial charge in [0, 0.05) is 23.9 Å². The molecule has 6 atom stereocenters. The van der Waals surface area contributed by atoms with Gasteiger partial charge in [-0.25, -0.2) is 0 Å². The minimum Gasteiger partial charge on any atom is -0.396 e. The van der Waals surface area contributed by atoms with Crippen LogP contribution in [0.3, 0.4) is 0 Å². The molecule has 2 fully saturated rings. The summed E-state index contributed by atoms with van der Waals surface area (Å²) >= 11 is 0. The van der Waals surface area contributed by atoms with Crippen molar-refractivity contribution < 1.29 is 14.7 Å². The molecule has 0 heterocycles. The van der Waals surface area contributed by atoms with E-state index in [-0.39, 0.29) is 45.9 Å². The van der Waals surface area contributed by atoms with Crippen molar-refractivity contribution in [3.63, 3.8) is 0 Å². The smallest absolute Gasteiger partial charge is 0.178 e. The predicted molar refractivity (Wildman–Crippen MR) is 152 cm³/mol. The lowest BCUT2D eigenvalue weighted by Gasteiger charge is -2.63. The van der Waals surface area contributed by atoms with Crippen LogP contribution in [-0.2, 0) is 9.59 Å². The van der Waals surface area contributed by atoms with Crippen molar-refractivity contribution in [1.29, 1.82) is 5.26 Å². The van der Waals surface area contributed by atoms with Crippen molar-refractivity contribution in [2.45, 2.75) is 120 Å². The summed E-state index contributed by atoms with van der Waals surface area (Å²) in [4.78, 5) is 26.6. The molecule has 0 aromatic carbocycles. The van der Waals surface area contributed by atoms with E-state index in [2.05, 4.69) is 47.6 Å². The Morgan fingerprint density at radius 2 is 1.68 bits per heavy atom. The zero-order chi connectivity index (χ0) is 28.4. The number of allylic oxidation sites excluding steroid dienone is 4. The van der Waals surface area contributed by atoms with Gasteiger partial charge in [-0.05, 0) is 97.4 Å². The lowest BCUT2D eigenvalue weighted by molar-refractivity contribution is -0.133. The fourth-order valence-corrected chi connectivity index (χ4v) is 9.79. The number of Topliss-reactive ketones (excluding diaryl/α,β-unsaturated/α-hetero) is 1. The number of carbonyl (C=O) groups excluding carboxylic acids is 2. The largest absolute Gasteiger partial charge is 0.396 e. The molecule has 4 rings (SSSR count). The Bertz CT molecular complexity index is 1110. The van der Waals surface area contributed by atoms with Crippen molar-refractivity contribution in [3.8, 4) is 6.07 Å². The van der Waals surface area contributed by atoms with E-state index in [0.29, 0.717) is 17.8 Å². The summed E-state index contributed by atoms with van der Waals surface area (Å²) in [5.74, 6) is 0.788. The average Bonchev–Trinajstić information content (AvgIpc) is 2.82. The minimum atomic E-state index is -0.633. The van der Waals surface area contributed by atoms with Gasteiger partial charge in [-0.2, -0.15) is 5.26 Å². The third kappa shape index (κ3) is 4.36. The maximum absolute atomic E-state index is 13.5. The molecule has 0 aliphatic heterocycles. The van der Waals surface area contributed by atoms with E-state index in [9.17, 15) is 20.0 Å². The number of aliphatic hydroxyl groups excluding tert-OH is 1. The minimum absolute atomic E-state index is 0.0587. The van der Waals surface area contributed by atoms with Gasteiger partial charge in [0.1, 0.15) is 6.07 Å². The molecule has 38 heavy (non-hydrogen) atoms. The van der Waals surface area contributed by atoms with Crippen LogP contribution in [0.2, 0.25) is 0 Å². The van der Waals surface area contributed by atoms with Crippen LogP contribution in [0.5, 0.6) is 0 Å². The molecule has 4 nitrogen and oxygen atoms in total. The number of nitrogens with zero attached hydrogens (tertiary/aromatic N) is 1. The molecule has 0 bridgehead atoms. The van der Waals surface area contributed by atoms with Gasteiger partial charge in [0.05, 0.1) is 5.57 Å². The summed E-state index contributed by atoms with van der Waals surface area (Å²) in [6, 6.07) is 2.19. The molecule has 1 unspecified atom stereocenters. The van der Waals surface area contributed by atoms with Gasteiger partial charge in [-0.15, -0.1) is 0 Å². The molecule has 4 aliphatic rings. The maximum atomic E-state index is 13.5. The Kier molecular flexibility index (Phi) is 7.26. The van der Waals surface area contributed by atoms with Crippen molar-refractivity contribution in [3.05, 3.63) is 23.3 Å². The summed E-state index contributed by atoms with van der Waals surface area (Å²) < 4.78 is 0. The molecule has 0 radical (unpaired) electrons. The highest BCUT2D eigenvalue weighted by Gasteiger charge is 2.63.